The highest BCUT2D eigenvalue weighted by molar-refractivity contribution is 6.11. The Balaban J connectivity index is 1.65. The largest absolute Gasteiger partial charge is 0.420 e. The van der Waals surface area contributed by atoms with Crippen LogP contribution in [-0.2, 0) is 27.8 Å². The summed E-state index contributed by atoms with van der Waals surface area (Å²) in [4.78, 5) is 0. The van der Waals surface area contributed by atoms with Crippen molar-refractivity contribution < 1.29 is 22.0 Å². The number of hydrogen-bond acceptors (Lipinski definition) is 0. The quantitative estimate of drug-likeness (QED) is 0.157. The average molecular weight is 813 g/mol. The lowest BCUT2D eigenvalue weighted by Gasteiger charge is -2.25. The monoisotopic (exact) mass is 812 g/mol. The van der Waals surface area contributed by atoms with E-state index < -0.39 is 23.4 Å². The number of fused-ring (bicyclic) bond motifs is 6. The van der Waals surface area contributed by atoms with Gasteiger partial charge in [-0.3, -0.25) is 0 Å². The minimum Gasteiger partial charge on any atom is -0.309 e. The first-order valence-electron chi connectivity index (χ1n) is 20.6. The van der Waals surface area contributed by atoms with Gasteiger partial charge in [0.05, 0.1) is 33.4 Å². The molecule has 0 atom stereocenters. The standard InChI is InChI=1S/C53H53F5N2/c1-49(2,3)31-13-18-37-38-19-14-32(50(4,5)6)26-43(38)59(42(37)25-31)46-23-30(36-22-17-35(54)29-41(36)55)24-47(48(46)53(56,57)58)60-44-27-33(51(7,8)9)15-20-39(44)40-21-16-34(28-45(40)60)52(10,11)12/h13-29H,1-12H3. The third-order valence-corrected chi connectivity index (χ3v) is 12.1. The van der Waals surface area contributed by atoms with E-state index in [1.165, 1.54) is 18.2 Å². The normalized spacial score (nSPS) is 13.4. The summed E-state index contributed by atoms with van der Waals surface area (Å²) >= 11 is 0. The molecule has 2 nitrogen and oxygen atoms in total. The average Bonchev–Trinajstić information content (AvgIpc) is 3.63. The van der Waals surface area contributed by atoms with Gasteiger partial charge in [0.1, 0.15) is 17.2 Å². The predicted molar refractivity (Wildman–Crippen MR) is 240 cm³/mol. The Labute approximate surface area is 349 Å². The lowest BCUT2D eigenvalue weighted by atomic mass is 9.86. The molecule has 6 aromatic carbocycles. The fraction of sp³-hybridized carbons (Fsp3) is 0.321. The molecule has 0 bridgehead atoms. The van der Waals surface area contributed by atoms with Crippen LogP contribution in [0.4, 0.5) is 22.0 Å². The molecule has 0 fully saturated rings. The Bertz CT molecular complexity index is 2700. The molecule has 0 aliphatic heterocycles. The number of halogens is 5. The summed E-state index contributed by atoms with van der Waals surface area (Å²) in [5, 5.41) is 3.20. The van der Waals surface area contributed by atoms with E-state index in [9.17, 15) is 4.39 Å². The predicted octanol–water partition coefficient (Wildman–Crippen LogP) is 16.0. The first-order valence-corrected chi connectivity index (χ1v) is 20.6. The van der Waals surface area contributed by atoms with Crippen molar-refractivity contribution in [3.63, 3.8) is 0 Å². The van der Waals surface area contributed by atoms with Crippen molar-refractivity contribution in [3.8, 4) is 22.5 Å². The van der Waals surface area contributed by atoms with Gasteiger partial charge in [0.25, 0.3) is 0 Å². The SMILES string of the molecule is CC(C)(C)c1ccc2c3ccc(C(C)(C)C)cc3n(-c3cc(-c4ccc(F)cc4F)cc(-n4c5cc(C(C)(C)C)ccc5c5ccc(C(C)(C)C)cc54)c3C(F)(F)F)c2c1. The molecule has 0 amide bonds. The number of rotatable bonds is 3. The van der Waals surface area contributed by atoms with Crippen LogP contribution in [0.2, 0.25) is 0 Å². The molecule has 310 valence electrons. The first kappa shape index (κ1) is 41.3. The van der Waals surface area contributed by atoms with Crippen LogP contribution in [0.5, 0.6) is 0 Å². The fourth-order valence-electron chi connectivity index (χ4n) is 8.56. The highest BCUT2D eigenvalue weighted by Crippen LogP contribution is 2.48. The lowest BCUT2D eigenvalue weighted by molar-refractivity contribution is -0.137. The van der Waals surface area contributed by atoms with Crippen LogP contribution >= 0.6 is 0 Å². The molecule has 0 aliphatic carbocycles. The molecule has 8 aromatic rings. The fourth-order valence-corrected chi connectivity index (χ4v) is 8.56. The molecule has 0 unspecified atom stereocenters. The summed E-state index contributed by atoms with van der Waals surface area (Å²) in [5.41, 5.74) is 3.97. The summed E-state index contributed by atoms with van der Waals surface area (Å²) in [7, 11) is 0. The van der Waals surface area contributed by atoms with Crippen LogP contribution in [0.25, 0.3) is 66.1 Å². The molecule has 60 heavy (non-hydrogen) atoms. The molecule has 2 aromatic heterocycles. The van der Waals surface area contributed by atoms with Crippen LogP contribution in [0.3, 0.4) is 0 Å². The third-order valence-electron chi connectivity index (χ3n) is 12.1. The van der Waals surface area contributed by atoms with Crippen molar-refractivity contribution >= 4 is 43.6 Å². The Morgan fingerprint density at radius 2 is 0.700 bits per heavy atom. The minimum absolute atomic E-state index is 0.00863. The minimum atomic E-state index is -4.90. The van der Waals surface area contributed by atoms with Gasteiger partial charge in [-0.2, -0.15) is 13.2 Å². The number of aromatic nitrogens is 2. The van der Waals surface area contributed by atoms with E-state index >= 15 is 17.6 Å². The van der Waals surface area contributed by atoms with Crippen LogP contribution < -0.4 is 0 Å². The molecule has 8 rings (SSSR count). The van der Waals surface area contributed by atoms with Gasteiger partial charge in [-0.05, 0) is 98.0 Å². The summed E-state index contributed by atoms with van der Waals surface area (Å²) in [5.74, 6) is -1.64. The highest BCUT2D eigenvalue weighted by Gasteiger charge is 2.40. The summed E-state index contributed by atoms with van der Waals surface area (Å²) < 4.78 is 84.1. The zero-order valence-electron chi connectivity index (χ0n) is 36.6. The Hall–Kier alpha value is -5.43. The van der Waals surface area contributed by atoms with Gasteiger partial charge in [-0.15, -0.1) is 0 Å². The van der Waals surface area contributed by atoms with Crippen LogP contribution in [0.1, 0.15) is 111 Å². The van der Waals surface area contributed by atoms with Crippen LogP contribution in [0, 0.1) is 11.6 Å². The Morgan fingerprint density at radius 1 is 0.383 bits per heavy atom. The summed E-state index contributed by atoms with van der Waals surface area (Å²) in [6.07, 6.45) is -4.90. The van der Waals surface area contributed by atoms with Crippen molar-refractivity contribution in [1.29, 1.82) is 0 Å². The van der Waals surface area contributed by atoms with E-state index in [-0.39, 0.29) is 44.2 Å². The van der Waals surface area contributed by atoms with Crippen molar-refractivity contribution in [1.82, 2.24) is 9.13 Å². The van der Waals surface area contributed by atoms with Gasteiger partial charge in [-0.25, -0.2) is 8.78 Å². The zero-order chi connectivity index (χ0) is 43.6. The van der Waals surface area contributed by atoms with E-state index in [4.69, 9.17) is 0 Å². The van der Waals surface area contributed by atoms with Gasteiger partial charge in [0.2, 0.25) is 0 Å². The molecule has 0 spiro atoms. The second-order valence-electron chi connectivity index (χ2n) is 20.6. The molecule has 7 heteroatoms. The lowest BCUT2D eigenvalue weighted by Crippen LogP contribution is -2.17. The molecule has 0 radical (unpaired) electrons. The number of benzene rings is 6. The summed E-state index contributed by atoms with van der Waals surface area (Å²) in [6.45, 7) is 25.0. The molecule has 2 heterocycles. The third kappa shape index (κ3) is 6.98. The van der Waals surface area contributed by atoms with E-state index in [2.05, 4.69) is 83.1 Å². The highest BCUT2D eigenvalue weighted by atomic mass is 19.4. The summed E-state index contributed by atoms with van der Waals surface area (Å²) in [6, 6.07) is 30.2. The number of nitrogens with zero attached hydrogens (tertiary/aromatic N) is 2. The van der Waals surface area contributed by atoms with Crippen molar-refractivity contribution in [2.24, 2.45) is 0 Å². The van der Waals surface area contributed by atoms with E-state index in [1.54, 1.807) is 9.13 Å². The number of alkyl halides is 3. The molecular formula is C53H53F5N2. The molecule has 0 saturated heterocycles. The maximum Gasteiger partial charge on any atom is 0.420 e. The van der Waals surface area contributed by atoms with Gasteiger partial charge in [-0.1, -0.05) is 132 Å². The second-order valence-corrected chi connectivity index (χ2v) is 20.6. The Kier molecular flexibility index (Phi) is 9.32. The maximum atomic E-state index is 16.7. The van der Waals surface area contributed by atoms with Gasteiger partial charge in [0.15, 0.2) is 0 Å². The van der Waals surface area contributed by atoms with Crippen LogP contribution in [0.15, 0.2) is 103 Å². The van der Waals surface area contributed by atoms with Gasteiger partial charge < -0.3 is 9.13 Å². The van der Waals surface area contributed by atoms with Crippen molar-refractivity contribution in [2.45, 2.75) is 111 Å². The van der Waals surface area contributed by atoms with Crippen molar-refractivity contribution in [2.75, 3.05) is 0 Å². The zero-order valence-corrected chi connectivity index (χ0v) is 36.6. The van der Waals surface area contributed by atoms with E-state index in [0.29, 0.717) is 22.1 Å². The molecular weight excluding hydrogens is 760 g/mol. The smallest absolute Gasteiger partial charge is 0.309 e. The van der Waals surface area contributed by atoms with Crippen molar-refractivity contribution in [3.05, 3.63) is 143 Å². The Morgan fingerprint density at radius 3 is 0.967 bits per heavy atom. The maximum absolute atomic E-state index is 16.7. The van der Waals surface area contributed by atoms with E-state index in [1.807, 2.05) is 72.8 Å². The second kappa shape index (κ2) is 13.5. The topological polar surface area (TPSA) is 9.86 Å². The molecule has 0 N–H and O–H groups in total. The van der Waals surface area contributed by atoms with E-state index in [0.717, 1.165) is 55.9 Å². The van der Waals surface area contributed by atoms with Crippen LogP contribution in [-0.4, -0.2) is 9.13 Å². The first-order chi connectivity index (χ1) is 27.7. The van der Waals surface area contributed by atoms with Gasteiger partial charge >= 0.3 is 6.18 Å². The molecule has 0 aliphatic rings. The number of hydrogen-bond donors (Lipinski definition) is 0. The molecule has 0 saturated carbocycles. The van der Waals surface area contributed by atoms with Gasteiger partial charge in [0, 0.05) is 33.2 Å².